The number of fused-ring (bicyclic) bond motifs is 3. The minimum Gasteiger partial charge on any atom is -0.462 e. The van der Waals surface area contributed by atoms with Gasteiger partial charge < -0.3 is 13.9 Å². The lowest BCUT2D eigenvalue weighted by Gasteiger charge is -2.14. The lowest BCUT2D eigenvalue weighted by molar-refractivity contribution is -0.139. The Morgan fingerprint density at radius 1 is 0.895 bits per heavy atom. The predicted molar refractivity (Wildman–Crippen MR) is 139 cm³/mol. The average molecular weight is 523 g/mol. The Morgan fingerprint density at radius 2 is 1.55 bits per heavy atom. The van der Waals surface area contributed by atoms with Gasteiger partial charge in [0.05, 0.1) is 6.61 Å². The summed E-state index contributed by atoms with van der Waals surface area (Å²) in [7, 11) is 0. The van der Waals surface area contributed by atoms with Crippen molar-refractivity contribution in [1.29, 1.82) is 0 Å². The van der Waals surface area contributed by atoms with Gasteiger partial charge in [0, 0.05) is 28.0 Å². The van der Waals surface area contributed by atoms with Gasteiger partial charge in [-0.3, -0.25) is 0 Å². The summed E-state index contributed by atoms with van der Waals surface area (Å²) in [5.41, 5.74) is 0.766. The van der Waals surface area contributed by atoms with Crippen LogP contribution in [0.4, 0.5) is 13.2 Å². The molecule has 0 bridgehead atoms. The molecule has 0 aliphatic rings. The Hall–Kier alpha value is -4.33. The monoisotopic (exact) mass is 522 g/mol. The van der Waals surface area contributed by atoms with Crippen molar-refractivity contribution in [2.24, 2.45) is 0 Å². The van der Waals surface area contributed by atoms with Crippen molar-refractivity contribution < 1.29 is 36.7 Å². The molecular weight excluding hydrogens is 497 g/mol. The molecule has 0 spiro atoms. The number of carbonyl (C=O) groups excluding carboxylic acids is 2. The van der Waals surface area contributed by atoms with Gasteiger partial charge in [-0.25, -0.2) is 9.59 Å². The fourth-order valence-electron chi connectivity index (χ4n) is 4.02. The second-order valence-corrected chi connectivity index (χ2v) is 9.01. The number of furan rings is 1. The van der Waals surface area contributed by atoms with Gasteiger partial charge in [0.1, 0.15) is 22.5 Å². The molecule has 5 nitrogen and oxygen atoms in total. The van der Waals surface area contributed by atoms with Crippen LogP contribution >= 0.6 is 0 Å². The van der Waals surface area contributed by atoms with Crippen LogP contribution in [0.1, 0.15) is 31.4 Å². The zero-order valence-corrected chi connectivity index (χ0v) is 20.9. The molecule has 0 saturated heterocycles. The molecule has 0 aliphatic carbocycles. The van der Waals surface area contributed by atoms with Crippen molar-refractivity contribution in [3.63, 3.8) is 0 Å². The van der Waals surface area contributed by atoms with E-state index in [2.05, 4.69) is 13.2 Å². The number of aryl methyl sites for hydroxylation is 1. The molecule has 0 atom stereocenters. The minimum atomic E-state index is -4.69. The molecule has 0 amide bonds. The number of benzene rings is 3. The zero-order valence-electron chi connectivity index (χ0n) is 20.9. The zero-order chi connectivity index (χ0) is 27.6. The SMILES string of the molecule is C=C(C)C(=O)OCCCc1ccc(-c2ccc3c(oc4cc(OC(=O)C(=C)C)ccc43)c2C(F)(F)F)cc1. The molecule has 4 rings (SSSR count). The van der Waals surface area contributed by atoms with Crippen molar-refractivity contribution in [3.8, 4) is 16.9 Å². The van der Waals surface area contributed by atoms with Gasteiger partial charge in [0.15, 0.2) is 0 Å². The fourth-order valence-corrected chi connectivity index (χ4v) is 4.02. The average Bonchev–Trinajstić information content (AvgIpc) is 3.23. The Labute approximate surface area is 217 Å². The van der Waals surface area contributed by atoms with Gasteiger partial charge in [-0.05, 0) is 61.6 Å². The number of hydrogen-bond donors (Lipinski definition) is 0. The van der Waals surface area contributed by atoms with Gasteiger partial charge in [-0.1, -0.05) is 43.5 Å². The van der Waals surface area contributed by atoms with E-state index in [0.29, 0.717) is 34.8 Å². The third-order valence-electron chi connectivity index (χ3n) is 5.91. The molecule has 38 heavy (non-hydrogen) atoms. The number of halogens is 3. The summed E-state index contributed by atoms with van der Waals surface area (Å²) in [6.45, 7) is 10.3. The van der Waals surface area contributed by atoms with E-state index in [9.17, 15) is 22.8 Å². The lowest BCUT2D eigenvalue weighted by atomic mass is 9.95. The molecule has 0 unspecified atom stereocenters. The molecule has 0 aliphatic heterocycles. The molecule has 0 fully saturated rings. The lowest BCUT2D eigenvalue weighted by Crippen LogP contribution is -2.08. The first-order valence-corrected chi connectivity index (χ1v) is 11.8. The van der Waals surface area contributed by atoms with Crippen LogP contribution in [-0.2, 0) is 26.9 Å². The van der Waals surface area contributed by atoms with E-state index < -0.39 is 23.7 Å². The maximum absolute atomic E-state index is 14.4. The molecule has 196 valence electrons. The molecule has 0 radical (unpaired) electrons. The quantitative estimate of drug-likeness (QED) is 0.102. The fraction of sp³-hybridized carbons (Fsp3) is 0.200. The summed E-state index contributed by atoms with van der Waals surface area (Å²) in [6, 6.07) is 14.2. The molecule has 8 heteroatoms. The maximum atomic E-state index is 14.4. The highest BCUT2D eigenvalue weighted by molar-refractivity contribution is 6.08. The highest BCUT2D eigenvalue weighted by Crippen LogP contribution is 2.45. The van der Waals surface area contributed by atoms with Crippen LogP contribution in [0, 0.1) is 0 Å². The smallest absolute Gasteiger partial charge is 0.420 e. The first-order valence-electron chi connectivity index (χ1n) is 11.8. The summed E-state index contributed by atoms with van der Waals surface area (Å²) in [5.74, 6) is -0.955. The minimum absolute atomic E-state index is 0.0140. The molecule has 0 saturated carbocycles. The predicted octanol–water partition coefficient (Wildman–Crippen LogP) is 7.81. The highest BCUT2D eigenvalue weighted by atomic mass is 19.4. The van der Waals surface area contributed by atoms with E-state index in [1.54, 1.807) is 43.3 Å². The molecule has 0 N–H and O–H groups in total. The van der Waals surface area contributed by atoms with Crippen molar-refractivity contribution in [2.75, 3.05) is 6.61 Å². The second kappa shape index (κ2) is 10.6. The Bertz CT molecular complexity index is 1560. The number of hydrogen-bond acceptors (Lipinski definition) is 5. The summed E-state index contributed by atoms with van der Waals surface area (Å²) >= 11 is 0. The van der Waals surface area contributed by atoms with Crippen LogP contribution in [0.5, 0.6) is 5.75 Å². The van der Waals surface area contributed by atoms with E-state index in [0.717, 1.165) is 5.56 Å². The first-order chi connectivity index (χ1) is 18.0. The molecule has 1 aromatic heterocycles. The maximum Gasteiger partial charge on any atom is 0.420 e. The van der Waals surface area contributed by atoms with Gasteiger partial charge >= 0.3 is 18.1 Å². The number of carbonyl (C=O) groups is 2. The first kappa shape index (κ1) is 26.7. The van der Waals surface area contributed by atoms with Gasteiger partial charge in [-0.2, -0.15) is 13.2 Å². The second-order valence-electron chi connectivity index (χ2n) is 9.01. The molecule has 1 heterocycles. The summed E-state index contributed by atoms with van der Waals surface area (Å²) in [4.78, 5) is 23.3. The third-order valence-corrected chi connectivity index (χ3v) is 5.91. The van der Waals surface area contributed by atoms with Gasteiger partial charge in [0.25, 0.3) is 0 Å². The van der Waals surface area contributed by atoms with Crippen molar-refractivity contribution in [1.82, 2.24) is 0 Å². The van der Waals surface area contributed by atoms with E-state index in [1.165, 1.54) is 25.1 Å². The van der Waals surface area contributed by atoms with E-state index in [1.807, 2.05) is 0 Å². The number of esters is 2. The van der Waals surface area contributed by atoms with E-state index >= 15 is 0 Å². The highest BCUT2D eigenvalue weighted by Gasteiger charge is 2.38. The van der Waals surface area contributed by atoms with Crippen molar-refractivity contribution >= 4 is 33.9 Å². The van der Waals surface area contributed by atoms with Crippen LogP contribution in [-0.4, -0.2) is 18.5 Å². The summed E-state index contributed by atoms with van der Waals surface area (Å²) in [6.07, 6.45) is -3.53. The molecule has 4 aromatic rings. The van der Waals surface area contributed by atoms with Crippen LogP contribution in [0.15, 0.2) is 83.3 Å². The third kappa shape index (κ3) is 5.64. The molecule has 3 aromatic carbocycles. The number of alkyl halides is 3. The normalized spacial score (nSPS) is 11.5. The van der Waals surface area contributed by atoms with Crippen molar-refractivity contribution in [3.05, 3.63) is 90.0 Å². The Kier molecular flexibility index (Phi) is 7.44. The largest absolute Gasteiger partial charge is 0.462 e. The summed E-state index contributed by atoms with van der Waals surface area (Å²) in [5, 5.41) is 0.768. The van der Waals surface area contributed by atoms with Gasteiger partial charge in [0.2, 0.25) is 0 Å². The Morgan fingerprint density at radius 3 is 2.18 bits per heavy atom. The topological polar surface area (TPSA) is 65.7 Å². The molecular formula is C30H25F3O5. The standard InChI is InChI=1S/C30H25F3O5/c1-17(2)28(34)36-15-5-6-19-7-9-20(10-8-19)22-13-14-24-23-12-11-21(37-29(35)18(3)4)16-25(23)38-27(24)26(22)30(31,32)33/h7-14,16H,1,3,5-6,15H2,2,4H3. The number of rotatable bonds is 8. The van der Waals surface area contributed by atoms with Crippen molar-refractivity contribution in [2.45, 2.75) is 32.9 Å². The van der Waals surface area contributed by atoms with Crippen LogP contribution in [0.25, 0.3) is 33.1 Å². The number of ether oxygens (including phenoxy) is 2. The summed E-state index contributed by atoms with van der Waals surface area (Å²) < 4.78 is 59.0. The van der Waals surface area contributed by atoms with Gasteiger partial charge in [-0.15, -0.1) is 0 Å². The van der Waals surface area contributed by atoms with Crippen LogP contribution < -0.4 is 4.74 Å². The Balaban J connectivity index is 1.65. The van der Waals surface area contributed by atoms with Crippen LogP contribution in [0.2, 0.25) is 0 Å². The van der Waals surface area contributed by atoms with E-state index in [-0.39, 0.29) is 34.7 Å². The van der Waals surface area contributed by atoms with E-state index in [4.69, 9.17) is 13.9 Å². The van der Waals surface area contributed by atoms with Crippen LogP contribution in [0.3, 0.4) is 0 Å².